The Morgan fingerprint density at radius 2 is 1.83 bits per heavy atom. The van der Waals surface area contributed by atoms with E-state index in [0.717, 1.165) is 30.7 Å². The van der Waals surface area contributed by atoms with E-state index in [1.165, 1.54) is 40.8 Å². The minimum Gasteiger partial charge on any atom is -0.325 e. The standard InChI is InChI=1S/C18H18F3N3O3S2/c19-18(20,21)14-5-1-2-6-15(14)23-16(25)12-28-17-8-7-13(11-22-17)29(26,27)24-9-3-4-10-24/h1-2,5-8,11H,3-4,9-10,12H2,(H,23,25). The molecule has 0 aliphatic carbocycles. The van der Waals surface area contributed by atoms with Gasteiger partial charge in [0.05, 0.1) is 22.0 Å². The van der Waals surface area contributed by atoms with Gasteiger partial charge in [0.2, 0.25) is 15.9 Å². The molecule has 1 aliphatic heterocycles. The zero-order valence-electron chi connectivity index (χ0n) is 15.1. The van der Waals surface area contributed by atoms with Gasteiger partial charge in [-0.2, -0.15) is 17.5 Å². The van der Waals surface area contributed by atoms with E-state index in [2.05, 4.69) is 10.3 Å². The predicted molar refractivity (Wildman–Crippen MR) is 103 cm³/mol. The van der Waals surface area contributed by atoms with Gasteiger partial charge in [-0.25, -0.2) is 13.4 Å². The minimum atomic E-state index is -4.57. The number of nitrogens with one attached hydrogen (secondary N) is 1. The van der Waals surface area contributed by atoms with Gasteiger partial charge in [-0.1, -0.05) is 23.9 Å². The first-order valence-corrected chi connectivity index (χ1v) is 11.2. The third-order valence-electron chi connectivity index (χ3n) is 4.27. The summed E-state index contributed by atoms with van der Waals surface area (Å²) >= 11 is 1.000. The summed E-state index contributed by atoms with van der Waals surface area (Å²) in [6.07, 6.45) is -1.69. The van der Waals surface area contributed by atoms with Crippen LogP contribution in [0.15, 0.2) is 52.5 Å². The smallest absolute Gasteiger partial charge is 0.325 e. The van der Waals surface area contributed by atoms with Crippen LogP contribution in [0.5, 0.6) is 0 Å². The number of hydrogen-bond acceptors (Lipinski definition) is 5. The maximum absolute atomic E-state index is 13.0. The molecule has 0 atom stereocenters. The summed E-state index contributed by atoms with van der Waals surface area (Å²) < 4.78 is 65.2. The van der Waals surface area contributed by atoms with Crippen molar-refractivity contribution in [3.05, 3.63) is 48.2 Å². The molecule has 1 N–H and O–H groups in total. The van der Waals surface area contributed by atoms with E-state index in [0.29, 0.717) is 18.1 Å². The van der Waals surface area contributed by atoms with Crippen molar-refractivity contribution in [2.24, 2.45) is 0 Å². The van der Waals surface area contributed by atoms with Crippen molar-refractivity contribution in [1.29, 1.82) is 0 Å². The Kier molecular flexibility index (Phi) is 6.49. The number of rotatable bonds is 6. The predicted octanol–water partition coefficient (Wildman–Crippen LogP) is 3.62. The summed E-state index contributed by atoms with van der Waals surface area (Å²) in [4.78, 5) is 16.2. The fourth-order valence-electron chi connectivity index (χ4n) is 2.85. The molecule has 0 bridgehead atoms. The number of para-hydroxylation sites is 1. The number of alkyl halides is 3. The highest BCUT2D eigenvalue weighted by Gasteiger charge is 2.33. The van der Waals surface area contributed by atoms with E-state index in [1.807, 2.05) is 0 Å². The third kappa shape index (κ3) is 5.28. The number of pyridine rings is 1. The molecule has 1 aliphatic rings. The van der Waals surface area contributed by atoms with Crippen molar-refractivity contribution in [3.8, 4) is 0 Å². The number of halogens is 3. The first-order valence-electron chi connectivity index (χ1n) is 8.73. The van der Waals surface area contributed by atoms with E-state index >= 15 is 0 Å². The topological polar surface area (TPSA) is 79.4 Å². The van der Waals surface area contributed by atoms with Gasteiger partial charge in [-0.05, 0) is 37.1 Å². The fraction of sp³-hybridized carbons (Fsp3) is 0.333. The van der Waals surface area contributed by atoms with Gasteiger partial charge in [-0.15, -0.1) is 0 Å². The van der Waals surface area contributed by atoms with Crippen LogP contribution in [0.2, 0.25) is 0 Å². The minimum absolute atomic E-state index is 0.0762. The van der Waals surface area contributed by atoms with Crippen molar-refractivity contribution in [3.63, 3.8) is 0 Å². The largest absolute Gasteiger partial charge is 0.418 e. The van der Waals surface area contributed by atoms with E-state index in [4.69, 9.17) is 0 Å². The van der Waals surface area contributed by atoms with Crippen molar-refractivity contribution in [2.45, 2.75) is 28.9 Å². The van der Waals surface area contributed by atoms with Crippen LogP contribution in [0.1, 0.15) is 18.4 Å². The molecule has 29 heavy (non-hydrogen) atoms. The van der Waals surface area contributed by atoms with Gasteiger partial charge < -0.3 is 5.32 Å². The van der Waals surface area contributed by atoms with Crippen molar-refractivity contribution >= 4 is 33.4 Å². The molecule has 3 rings (SSSR count). The zero-order valence-corrected chi connectivity index (χ0v) is 16.8. The highest BCUT2D eigenvalue weighted by atomic mass is 32.2. The van der Waals surface area contributed by atoms with Crippen molar-refractivity contribution in [1.82, 2.24) is 9.29 Å². The number of nitrogens with zero attached hydrogens (tertiary/aromatic N) is 2. The van der Waals surface area contributed by atoms with Gasteiger partial charge in [0.25, 0.3) is 0 Å². The van der Waals surface area contributed by atoms with Crippen molar-refractivity contribution in [2.75, 3.05) is 24.2 Å². The molecule has 1 saturated heterocycles. The van der Waals surface area contributed by atoms with Crippen LogP contribution in [0, 0.1) is 0 Å². The lowest BCUT2D eigenvalue weighted by Gasteiger charge is -2.15. The molecule has 0 radical (unpaired) electrons. The molecular weight excluding hydrogens is 427 g/mol. The molecular formula is C18H18F3N3O3S2. The Balaban J connectivity index is 1.60. The first-order chi connectivity index (χ1) is 13.7. The average Bonchev–Trinajstić information content (AvgIpc) is 3.22. The Labute approximate surface area is 170 Å². The van der Waals surface area contributed by atoms with Crippen LogP contribution >= 0.6 is 11.8 Å². The molecule has 0 unspecified atom stereocenters. The molecule has 1 aromatic carbocycles. The summed E-state index contributed by atoms with van der Waals surface area (Å²) in [6, 6.07) is 7.61. The highest BCUT2D eigenvalue weighted by molar-refractivity contribution is 7.99. The number of amides is 1. The number of sulfonamides is 1. The molecule has 156 valence electrons. The first kappa shape index (κ1) is 21.6. The van der Waals surface area contributed by atoms with Crippen molar-refractivity contribution < 1.29 is 26.4 Å². The van der Waals surface area contributed by atoms with Gasteiger partial charge in [0.1, 0.15) is 4.90 Å². The molecule has 1 amide bonds. The lowest BCUT2D eigenvalue weighted by molar-refractivity contribution is -0.137. The number of anilines is 1. The van der Waals surface area contributed by atoms with Crippen LogP contribution in [-0.2, 0) is 21.0 Å². The average molecular weight is 445 g/mol. The van der Waals surface area contributed by atoms with Gasteiger partial charge in [-0.3, -0.25) is 4.79 Å². The van der Waals surface area contributed by atoms with E-state index in [9.17, 15) is 26.4 Å². The summed E-state index contributed by atoms with van der Waals surface area (Å²) in [5.41, 5.74) is -1.24. The number of thioether (sulfide) groups is 1. The second-order valence-corrected chi connectivity index (χ2v) is 9.26. The number of benzene rings is 1. The summed E-state index contributed by atoms with van der Waals surface area (Å²) in [7, 11) is -3.57. The molecule has 2 aromatic rings. The van der Waals surface area contributed by atoms with Crippen LogP contribution in [-0.4, -0.2) is 42.5 Å². The van der Waals surface area contributed by atoms with Gasteiger partial charge in [0, 0.05) is 19.3 Å². The second kappa shape index (κ2) is 8.72. The maximum atomic E-state index is 13.0. The number of aromatic nitrogens is 1. The SMILES string of the molecule is O=C(CSc1ccc(S(=O)(=O)N2CCCC2)cn1)Nc1ccccc1C(F)(F)F. The van der Waals surface area contributed by atoms with Crippen LogP contribution in [0.3, 0.4) is 0 Å². The number of hydrogen-bond donors (Lipinski definition) is 1. The Bertz CT molecular complexity index is 974. The lowest BCUT2D eigenvalue weighted by Crippen LogP contribution is -2.27. The second-order valence-electron chi connectivity index (χ2n) is 6.32. The summed E-state index contributed by atoms with van der Waals surface area (Å²) in [5, 5.41) is 2.64. The van der Waals surface area contributed by atoms with E-state index < -0.39 is 27.7 Å². The zero-order chi connectivity index (χ0) is 21.1. The highest BCUT2D eigenvalue weighted by Crippen LogP contribution is 2.34. The van der Waals surface area contributed by atoms with Gasteiger partial charge >= 0.3 is 6.18 Å². The summed E-state index contributed by atoms with van der Waals surface area (Å²) in [5.74, 6) is -0.792. The summed E-state index contributed by atoms with van der Waals surface area (Å²) in [6.45, 7) is 0.969. The van der Waals surface area contributed by atoms with E-state index in [1.54, 1.807) is 0 Å². The normalized spacial score (nSPS) is 15.4. The molecule has 1 aromatic heterocycles. The molecule has 6 nitrogen and oxygen atoms in total. The van der Waals surface area contributed by atoms with Crippen LogP contribution in [0.4, 0.5) is 18.9 Å². The maximum Gasteiger partial charge on any atom is 0.418 e. The third-order valence-corrected chi connectivity index (χ3v) is 7.10. The Morgan fingerprint density at radius 1 is 1.14 bits per heavy atom. The molecule has 0 saturated carbocycles. The van der Waals surface area contributed by atoms with E-state index in [-0.39, 0.29) is 16.3 Å². The molecule has 11 heteroatoms. The molecule has 0 spiro atoms. The molecule has 1 fully saturated rings. The lowest BCUT2D eigenvalue weighted by atomic mass is 10.1. The quantitative estimate of drug-likeness (QED) is 0.687. The number of carbonyl (C=O) groups is 1. The van der Waals surface area contributed by atoms with Crippen LogP contribution < -0.4 is 5.32 Å². The monoisotopic (exact) mass is 445 g/mol. The molecule has 2 heterocycles. The van der Waals surface area contributed by atoms with Crippen LogP contribution in [0.25, 0.3) is 0 Å². The Morgan fingerprint density at radius 3 is 2.45 bits per heavy atom. The fourth-order valence-corrected chi connectivity index (χ4v) is 4.95. The number of carbonyl (C=O) groups excluding carboxylic acids is 1. The Hall–Kier alpha value is -2.11. The van der Waals surface area contributed by atoms with Gasteiger partial charge in [0.15, 0.2) is 0 Å².